The van der Waals surface area contributed by atoms with Crippen LogP contribution in [0.25, 0.3) is 0 Å². The smallest absolute Gasteiger partial charge is 0.361 e. The van der Waals surface area contributed by atoms with Gasteiger partial charge in [0.1, 0.15) is 13.2 Å². The Morgan fingerprint density at radius 1 is 0.378 bits per heavy atom. The number of unbranched alkanes of at least 4 members (excludes halogenated alkanes) is 16. The first-order chi connectivity index (χ1) is 40.1. The van der Waals surface area contributed by atoms with Crippen LogP contribution in [0.4, 0.5) is 0 Å². The summed E-state index contributed by atoms with van der Waals surface area (Å²) in [5.41, 5.74) is 0. The van der Waals surface area contributed by atoms with E-state index in [1.165, 1.54) is 51.4 Å². The van der Waals surface area contributed by atoms with Crippen LogP contribution in [0.3, 0.4) is 0 Å². The third-order valence-electron chi connectivity index (χ3n) is 13.0. The molecule has 9 heteroatoms. The summed E-state index contributed by atoms with van der Waals surface area (Å²) in [7, 11) is 5.95. The molecule has 0 heterocycles. The number of carbonyl (C=O) groups is 3. The van der Waals surface area contributed by atoms with Gasteiger partial charge in [0.25, 0.3) is 6.29 Å². The normalized spacial score (nSPS) is 13.8. The van der Waals surface area contributed by atoms with Crippen LogP contribution in [0.5, 0.6) is 0 Å². The molecule has 0 aliphatic carbocycles. The number of hydrogen-bond acceptors (Lipinski definition) is 7. The summed E-state index contributed by atoms with van der Waals surface area (Å²) in [6.45, 7) is 4.69. The van der Waals surface area contributed by atoms with Crippen molar-refractivity contribution in [2.45, 2.75) is 238 Å². The van der Waals surface area contributed by atoms with Gasteiger partial charge in [-0.2, -0.15) is 0 Å². The SMILES string of the molecule is CC/C=C\C/C=C\C/C=C\C/C=C\C/C=C\C/C=C\C/C=C\C/C=C\C/C=C\C/C=C\C/C=C\CCCCCCCC(=O)OC(COC(=O)CCCCCCCCC/C=C\C/C=C\CCCCCC)COC(OCC[N+](C)(C)C)C(=O)O. The van der Waals surface area contributed by atoms with Gasteiger partial charge in [0.05, 0.1) is 34.4 Å². The van der Waals surface area contributed by atoms with E-state index in [2.05, 4.69) is 172 Å². The van der Waals surface area contributed by atoms with Crippen LogP contribution in [0.2, 0.25) is 0 Å². The molecule has 0 aromatic heterocycles. The Bertz CT molecular complexity index is 1900. The van der Waals surface area contributed by atoms with Gasteiger partial charge >= 0.3 is 17.9 Å². The highest BCUT2D eigenvalue weighted by Gasteiger charge is 2.25. The Labute approximate surface area is 502 Å². The maximum Gasteiger partial charge on any atom is 0.361 e. The summed E-state index contributed by atoms with van der Waals surface area (Å²) in [5.74, 6) is -2.06. The van der Waals surface area contributed by atoms with Crippen LogP contribution in [0.1, 0.15) is 226 Å². The van der Waals surface area contributed by atoms with E-state index in [4.69, 9.17) is 18.9 Å². The molecule has 2 unspecified atom stereocenters. The number of carboxylic acid groups (broad SMARTS) is 1. The number of aliphatic carboxylic acids is 1. The molecule has 82 heavy (non-hydrogen) atoms. The van der Waals surface area contributed by atoms with E-state index < -0.39 is 24.3 Å². The molecule has 0 spiro atoms. The number of carbonyl (C=O) groups excluding carboxylic acids is 2. The third kappa shape index (κ3) is 62.5. The molecule has 0 radical (unpaired) electrons. The first-order valence-electron chi connectivity index (χ1n) is 32.1. The molecule has 0 amide bonds. The second kappa shape index (κ2) is 62.0. The van der Waals surface area contributed by atoms with E-state index in [-0.39, 0.29) is 38.6 Å². The second-order valence-corrected chi connectivity index (χ2v) is 22.0. The van der Waals surface area contributed by atoms with Crippen LogP contribution in [0.15, 0.2) is 158 Å². The van der Waals surface area contributed by atoms with Crippen molar-refractivity contribution in [2.75, 3.05) is 47.5 Å². The summed E-state index contributed by atoms with van der Waals surface area (Å²) >= 11 is 0. The van der Waals surface area contributed by atoms with E-state index in [9.17, 15) is 19.5 Å². The van der Waals surface area contributed by atoms with E-state index >= 15 is 0 Å². The lowest BCUT2D eigenvalue weighted by Crippen LogP contribution is -2.40. The predicted octanol–water partition coefficient (Wildman–Crippen LogP) is 19.7. The van der Waals surface area contributed by atoms with Crippen molar-refractivity contribution in [3.63, 3.8) is 0 Å². The van der Waals surface area contributed by atoms with Gasteiger partial charge in [-0.1, -0.05) is 242 Å². The zero-order valence-electron chi connectivity index (χ0n) is 52.6. The molecule has 9 nitrogen and oxygen atoms in total. The minimum atomic E-state index is -1.53. The molecular formula is C73H118NO8+. The third-order valence-corrected chi connectivity index (χ3v) is 13.0. The van der Waals surface area contributed by atoms with Gasteiger partial charge < -0.3 is 28.5 Å². The number of quaternary nitrogens is 1. The number of ether oxygens (including phenoxy) is 4. The second-order valence-electron chi connectivity index (χ2n) is 22.0. The number of hydrogen-bond donors (Lipinski definition) is 1. The van der Waals surface area contributed by atoms with Gasteiger partial charge in [-0.05, 0) is 128 Å². The van der Waals surface area contributed by atoms with Gasteiger partial charge in [0, 0.05) is 12.8 Å². The number of nitrogens with zero attached hydrogens (tertiary/aromatic N) is 1. The van der Waals surface area contributed by atoms with E-state index in [0.29, 0.717) is 17.4 Å². The average Bonchev–Trinajstić information content (AvgIpc) is 3.45. The first kappa shape index (κ1) is 76.9. The van der Waals surface area contributed by atoms with Crippen LogP contribution in [0, 0.1) is 0 Å². The van der Waals surface area contributed by atoms with Crippen molar-refractivity contribution in [2.24, 2.45) is 0 Å². The highest BCUT2D eigenvalue weighted by Crippen LogP contribution is 2.14. The van der Waals surface area contributed by atoms with Crippen LogP contribution in [-0.4, -0.2) is 87.4 Å². The number of carboxylic acids is 1. The Morgan fingerprint density at radius 2 is 0.695 bits per heavy atom. The highest BCUT2D eigenvalue weighted by molar-refractivity contribution is 5.71. The molecule has 0 saturated carbocycles. The van der Waals surface area contributed by atoms with Gasteiger partial charge in [-0.25, -0.2) is 4.79 Å². The molecule has 0 aliphatic rings. The van der Waals surface area contributed by atoms with Gasteiger partial charge in [-0.15, -0.1) is 0 Å². The van der Waals surface area contributed by atoms with Gasteiger partial charge in [0.2, 0.25) is 0 Å². The lowest BCUT2D eigenvalue weighted by molar-refractivity contribution is -0.870. The highest BCUT2D eigenvalue weighted by atomic mass is 16.7. The molecule has 0 aliphatic heterocycles. The minimum Gasteiger partial charge on any atom is -0.477 e. The van der Waals surface area contributed by atoms with Gasteiger partial charge in [0.15, 0.2) is 6.10 Å². The van der Waals surface area contributed by atoms with Crippen molar-refractivity contribution in [3.05, 3.63) is 158 Å². The molecule has 1 N–H and O–H groups in total. The number of esters is 2. The predicted molar refractivity (Wildman–Crippen MR) is 350 cm³/mol. The minimum absolute atomic E-state index is 0.174. The standard InChI is InChI=1S/C73H117NO8/c1-6-8-10-12-14-16-18-20-22-24-26-27-28-29-30-31-32-33-34-35-36-37-38-39-40-41-42-43-44-45-46-48-50-52-54-56-58-60-62-64-71(76)82-69(68-81-73(72(77)78)79-66-65-74(3,4)5)67-80-70(75)63-61-59-57-55-53-51-49-47-25-23-21-19-17-15-13-11-9-7-2/h8,10,14,16-17,19-20,22-23,25-27,29-30,32-33,35-36,38-39,41-42,44-45,48,50,69,73H,6-7,9,11-13,15,18,21,24,28,31,34,37,40,43,46-47,49,51-68H2,1-5H3/p+1/b10-8-,16-14-,19-17-,22-20-,25-23-,27-26-,30-29-,33-32-,36-35-,39-38-,42-41-,45-44-,50-48-. The number of likely N-dealkylation sites (N-methyl/N-ethyl adjacent to an activating group) is 1. The zero-order valence-corrected chi connectivity index (χ0v) is 52.6. The Morgan fingerprint density at radius 3 is 1.04 bits per heavy atom. The average molecular weight is 1140 g/mol. The molecule has 0 aromatic carbocycles. The summed E-state index contributed by atoms with van der Waals surface area (Å²) in [6.07, 6.45) is 89.0. The molecule has 0 fully saturated rings. The van der Waals surface area contributed by atoms with Crippen LogP contribution >= 0.6 is 0 Å². The van der Waals surface area contributed by atoms with Crippen molar-refractivity contribution in [3.8, 4) is 0 Å². The Kier molecular flexibility index (Phi) is 58.1. The largest absolute Gasteiger partial charge is 0.477 e. The monoisotopic (exact) mass is 1140 g/mol. The molecule has 0 saturated heterocycles. The lowest BCUT2D eigenvalue weighted by Gasteiger charge is -2.25. The first-order valence-corrected chi connectivity index (χ1v) is 32.1. The van der Waals surface area contributed by atoms with Crippen molar-refractivity contribution >= 4 is 17.9 Å². The van der Waals surface area contributed by atoms with Crippen molar-refractivity contribution < 1.29 is 42.9 Å². The van der Waals surface area contributed by atoms with Crippen molar-refractivity contribution in [1.82, 2.24) is 0 Å². The summed E-state index contributed by atoms with van der Waals surface area (Å²) in [6, 6.07) is 0. The van der Waals surface area contributed by atoms with Crippen molar-refractivity contribution in [1.29, 1.82) is 0 Å². The fourth-order valence-electron chi connectivity index (χ4n) is 8.11. The summed E-state index contributed by atoms with van der Waals surface area (Å²) in [5, 5.41) is 9.72. The molecule has 2 atom stereocenters. The van der Waals surface area contributed by atoms with Crippen LogP contribution < -0.4 is 0 Å². The van der Waals surface area contributed by atoms with Crippen LogP contribution in [-0.2, 0) is 33.3 Å². The number of rotatable bonds is 57. The molecule has 0 aromatic rings. The van der Waals surface area contributed by atoms with E-state index in [1.54, 1.807) is 0 Å². The van der Waals surface area contributed by atoms with E-state index in [1.807, 2.05) is 21.1 Å². The Balaban J connectivity index is 4.26. The Hall–Kier alpha value is -5.09. The molecule has 462 valence electrons. The molecule has 0 bridgehead atoms. The fraction of sp³-hybridized carbons (Fsp3) is 0.603. The van der Waals surface area contributed by atoms with Gasteiger partial charge in [-0.3, -0.25) is 9.59 Å². The lowest BCUT2D eigenvalue weighted by atomic mass is 10.1. The molecule has 0 rings (SSSR count). The maximum atomic E-state index is 12.9. The zero-order chi connectivity index (χ0) is 59.8. The van der Waals surface area contributed by atoms with E-state index in [0.717, 1.165) is 141 Å². The topological polar surface area (TPSA) is 108 Å². The summed E-state index contributed by atoms with van der Waals surface area (Å²) in [4.78, 5) is 37.5. The summed E-state index contributed by atoms with van der Waals surface area (Å²) < 4.78 is 22.9. The quantitative estimate of drug-likeness (QED) is 0.0211. The fourth-order valence-corrected chi connectivity index (χ4v) is 8.11. The maximum absolute atomic E-state index is 12.9. The molecular weight excluding hydrogens is 1020 g/mol. The number of allylic oxidation sites excluding steroid dienone is 26.